The maximum absolute atomic E-state index is 13.1. The quantitative estimate of drug-likeness (QED) is 0.544. The van der Waals surface area contributed by atoms with E-state index >= 15 is 0 Å². The molecule has 0 aliphatic carbocycles. The summed E-state index contributed by atoms with van der Waals surface area (Å²) in [6.45, 7) is 0. The largest absolute Gasteiger partial charge is 0.496 e. The number of benzene rings is 3. The smallest absolute Gasteiger partial charge is 0.207 e. The third-order valence-corrected chi connectivity index (χ3v) is 6.40. The summed E-state index contributed by atoms with van der Waals surface area (Å²) in [5.74, 6) is 0.768. The Bertz CT molecular complexity index is 983. The van der Waals surface area contributed by atoms with Crippen LogP contribution >= 0.6 is 15.9 Å². The van der Waals surface area contributed by atoms with Crippen LogP contribution in [0.3, 0.4) is 0 Å². The highest BCUT2D eigenvalue weighted by Gasteiger charge is 2.21. The molecule has 0 aromatic heterocycles. The van der Waals surface area contributed by atoms with E-state index in [1.165, 1.54) is 0 Å². The monoisotopic (exact) mass is 416 g/mol. The van der Waals surface area contributed by atoms with E-state index in [0.29, 0.717) is 15.8 Å². The number of hydrogen-bond acceptors (Lipinski definition) is 3. The molecular formula is C20H17BrO3S. The van der Waals surface area contributed by atoms with Crippen molar-refractivity contribution in [2.24, 2.45) is 0 Å². The van der Waals surface area contributed by atoms with Crippen LogP contribution in [0.1, 0.15) is 5.56 Å². The summed E-state index contributed by atoms with van der Waals surface area (Å²) < 4.78 is 31.5. The van der Waals surface area contributed by atoms with Crippen LogP contribution in [-0.4, -0.2) is 15.5 Å². The van der Waals surface area contributed by atoms with Crippen molar-refractivity contribution in [1.29, 1.82) is 0 Å². The van der Waals surface area contributed by atoms with Crippen molar-refractivity contribution in [2.45, 2.75) is 15.1 Å². The predicted octanol–water partition coefficient (Wildman–Crippen LogP) is 5.09. The Kier molecular flexibility index (Phi) is 5.25. The Hall–Kier alpha value is -2.11. The van der Waals surface area contributed by atoms with Gasteiger partial charge in [0.1, 0.15) is 5.75 Å². The van der Waals surface area contributed by atoms with Crippen LogP contribution in [0.25, 0.3) is 11.1 Å². The third-order valence-electron chi connectivity index (χ3n) is 3.97. The molecule has 0 spiro atoms. The van der Waals surface area contributed by atoms with E-state index in [2.05, 4.69) is 15.9 Å². The summed E-state index contributed by atoms with van der Waals surface area (Å²) >= 11 is 3.45. The van der Waals surface area contributed by atoms with Gasteiger partial charge in [-0.1, -0.05) is 58.4 Å². The summed E-state index contributed by atoms with van der Waals surface area (Å²) in [7, 11) is -1.98. The molecule has 0 saturated carbocycles. The summed E-state index contributed by atoms with van der Waals surface area (Å²) in [5, 5.41) is 0.623. The van der Waals surface area contributed by atoms with Gasteiger partial charge in [-0.25, -0.2) is 8.42 Å². The molecule has 0 N–H and O–H groups in total. The number of sulfone groups is 1. The SMILES string of the molecule is COc1ccc(-c2ccccc2S(=O)(=O)c2ccccc2)cc1CBr. The normalized spacial score (nSPS) is 11.3. The molecule has 0 aliphatic rings. The first-order valence-electron chi connectivity index (χ1n) is 7.70. The minimum absolute atomic E-state index is 0.289. The molecule has 3 aromatic rings. The fraction of sp³-hybridized carbons (Fsp3) is 0.100. The van der Waals surface area contributed by atoms with Crippen LogP contribution in [0.2, 0.25) is 0 Å². The van der Waals surface area contributed by atoms with Gasteiger partial charge in [0, 0.05) is 16.5 Å². The van der Waals surface area contributed by atoms with Gasteiger partial charge < -0.3 is 4.74 Å². The average Bonchev–Trinajstić information content (AvgIpc) is 2.68. The van der Waals surface area contributed by atoms with E-state index < -0.39 is 9.84 Å². The lowest BCUT2D eigenvalue weighted by molar-refractivity contribution is 0.411. The highest BCUT2D eigenvalue weighted by molar-refractivity contribution is 9.08. The van der Waals surface area contributed by atoms with Crippen LogP contribution in [0.5, 0.6) is 5.75 Å². The van der Waals surface area contributed by atoms with Crippen LogP contribution < -0.4 is 4.74 Å². The maximum atomic E-state index is 13.1. The topological polar surface area (TPSA) is 43.4 Å². The zero-order valence-electron chi connectivity index (χ0n) is 13.6. The predicted molar refractivity (Wildman–Crippen MR) is 103 cm³/mol. The summed E-state index contributed by atoms with van der Waals surface area (Å²) in [6.07, 6.45) is 0. The molecule has 25 heavy (non-hydrogen) atoms. The van der Waals surface area contributed by atoms with Gasteiger partial charge >= 0.3 is 0 Å². The number of rotatable bonds is 5. The highest BCUT2D eigenvalue weighted by Crippen LogP contribution is 2.34. The fourth-order valence-corrected chi connectivity index (χ4v) is 4.66. The van der Waals surface area contributed by atoms with Crippen LogP contribution in [0.15, 0.2) is 82.6 Å². The lowest BCUT2D eigenvalue weighted by Crippen LogP contribution is -2.04. The van der Waals surface area contributed by atoms with Crippen molar-refractivity contribution < 1.29 is 13.2 Å². The molecule has 128 valence electrons. The molecule has 0 heterocycles. The zero-order valence-corrected chi connectivity index (χ0v) is 16.0. The van der Waals surface area contributed by atoms with Gasteiger partial charge in [0.2, 0.25) is 9.84 Å². The first-order valence-corrected chi connectivity index (χ1v) is 10.3. The van der Waals surface area contributed by atoms with Crippen molar-refractivity contribution in [2.75, 3.05) is 7.11 Å². The molecule has 0 saturated heterocycles. The van der Waals surface area contributed by atoms with Gasteiger partial charge in [-0.3, -0.25) is 0 Å². The molecule has 0 aliphatic heterocycles. The first-order chi connectivity index (χ1) is 12.1. The number of alkyl halides is 1. The summed E-state index contributed by atoms with van der Waals surface area (Å²) in [4.78, 5) is 0.587. The molecule has 0 unspecified atom stereocenters. The second-order valence-corrected chi connectivity index (χ2v) is 7.95. The molecular weight excluding hydrogens is 400 g/mol. The van der Waals surface area contributed by atoms with Gasteiger partial charge in [-0.05, 0) is 35.9 Å². The Morgan fingerprint density at radius 2 is 1.60 bits per heavy atom. The maximum Gasteiger partial charge on any atom is 0.207 e. The van der Waals surface area contributed by atoms with Gasteiger partial charge in [0.05, 0.1) is 16.9 Å². The minimum Gasteiger partial charge on any atom is -0.496 e. The average molecular weight is 417 g/mol. The molecule has 5 heteroatoms. The number of ether oxygens (including phenoxy) is 1. The lowest BCUT2D eigenvalue weighted by Gasteiger charge is -2.13. The Labute approximate surface area is 156 Å². The van der Waals surface area contributed by atoms with Crippen molar-refractivity contribution in [1.82, 2.24) is 0 Å². The van der Waals surface area contributed by atoms with Crippen molar-refractivity contribution in [3.05, 3.63) is 78.4 Å². The third kappa shape index (κ3) is 3.48. The molecule has 3 rings (SSSR count). The number of halogens is 1. The Morgan fingerprint density at radius 3 is 2.28 bits per heavy atom. The van der Waals surface area contributed by atoms with E-state index in [0.717, 1.165) is 16.9 Å². The van der Waals surface area contributed by atoms with Gasteiger partial charge in [-0.2, -0.15) is 0 Å². The Balaban J connectivity index is 2.18. The molecule has 0 amide bonds. The highest BCUT2D eigenvalue weighted by atomic mass is 79.9. The minimum atomic E-state index is -3.60. The van der Waals surface area contributed by atoms with E-state index in [4.69, 9.17) is 4.74 Å². The van der Waals surface area contributed by atoms with E-state index in [-0.39, 0.29) is 4.90 Å². The van der Waals surface area contributed by atoms with E-state index in [1.54, 1.807) is 49.6 Å². The van der Waals surface area contributed by atoms with Crippen LogP contribution in [-0.2, 0) is 15.2 Å². The van der Waals surface area contributed by atoms with Gasteiger partial charge in [0.15, 0.2) is 0 Å². The summed E-state index contributed by atoms with van der Waals surface area (Å²) in [6, 6.07) is 21.2. The molecule has 3 nitrogen and oxygen atoms in total. The standard InChI is InChI=1S/C20H17BrO3S/c1-24-19-12-11-15(13-16(19)14-21)18-9-5-6-10-20(18)25(22,23)17-7-3-2-4-8-17/h2-13H,14H2,1H3. The summed E-state index contributed by atoms with van der Waals surface area (Å²) in [5.41, 5.74) is 2.48. The second-order valence-electron chi connectivity index (χ2n) is 5.47. The zero-order chi connectivity index (χ0) is 17.9. The van der Waals surface area contributed by atoms with Crippen LogP contribution in [0.4, 0.5) is 0 Å². The number of methoxy groups -OCH3 is 1. The lowest BCUT2D eigenvalue weighted by atomic mass is 10.0. The van der Waals surface area contributed by atoms with Crippen molar-refractivity contribution in [3.63, 3.8) is 0 Å². The van der Waals surface area contributed by atoms with Crippen molar-refractivity contribution >= 4 is 25.8 Å². The van der Waals surface area contributed by atoms with Gasteiger partial charge in [0.25, 0.3) is 0 Å². The first kappa shape index (κ1) is 17.7. The fourth-order valence-electron chi connectivity index (χ4n) is 2.72. The van der Waals surface area contributed by atoms with Crippen LogP contribution in [0, 0.1) is 0 Å². The number of hydrogen-bond donors (Lipinski definition) is 0. The van der Waals surface area contributed by atoms with Crippen molar-refractivity contribution in [3.8, 4) is 16.9 Å². The van der Waals surface area contributed by atoms with E-state index in [9.17, 15) is 8.42 Å². The molecule has 0 fully saturated rings. The molecule has 0 radical (unpaired) electrons. The van der Waals surface area contributed by atoms with E-state index in [1.807, 2.05) is 30.3 Å². The van der Waals surface area contributed by atoms with Gasteiger partial charge in [-0.15, -0.1) is 0 Å². The Morgan fingerprint density at radius 1 is 0.920 bits per heavy atom. The molecule has 0 atom stereocenters. The molecule has 3 aromatic carbocycles. The second kappa shape index (κ2) is 7.42. The molecule has 0 bridgehead atoms.